The first-order valence-corrected chi connectivity index (χ1v) is 4.31. The van der Waals surface area contributed by atoms with Gasteiger partial charge in [-0.2, -0.15) is 0 Å². The number of aliphatic carboxylic acids is 1. The average Bonchev–Trinajstić information content (AvgIpc) is 2.15. The molecule has 0 aromatic heterocycles. The lowest BCUT2D eigenvalue weighted by molar-refractivity contribution is -0.131. The number of para-hydroxylation sites is 1. The molecular weight excluding hydrogens is 178 g/mol. The molecule has 1 aromatic rings. The van der Waals surface area contributed by atoms with Crippen molar-refractivity contribution in [3.8, 4) is 0 Å². The Bertz CT molecular complexity index is 358. The molecule has 0 saturated heterocycles. The minimum atomic E-state index is -0.939. The van der Waals surface area contributed by atoms with E-state index in [1.165, 1.54) is 6.20 Å². The van der Waals surface area contributed by atoms with Crippen LogP contribution < -0.4 is 4.90 Å². The second-order valence-electron chi connectivity index (χ2n) is 3.05. The van der Waals surface area contributed by atoms with Crippen molar-refractivity contribution in [3.05, 3.63) is 42.1 Å². The number of hydrogen-bond donors (Lipinski definition) is 1. The van der Waals surface area contributed by atoms with Gasteiger partial charge in [-0.05, 0) is 18.6 Å². The lowest BCUT2D eigenvalue weighted by Crippen LogP contribution is -2.10. The molecule has 1 N–H and O–H groups in total. The summed E-state index contributed by atoms with van der Waals surface area (Å²) in [6, 6.07) is 7.81. The standard InChI is InChI=1S/C11H13NO2/c1-9-5-3-4-6-10(9)12(2)8-7-11(13)14/h3-8H,1-2H3,(H,13,14). The van der Waals surface area contributed by atoms with E-state index in [2.05, 4.69) is 0 Å². The van der Waals surface area contributed by atoms with Gasteiger partial charge in [0, 0.05) is 25.0 Å². The van der Waals surface area contributed by atoms with Crippen LogP contribution in [0.5, 0.6) is 0 Å². The Morgan fingerprint density at radius 1 is 1.43 bits per heavy atom. The fourth-order valence-electron chi connectivity index (χ4n) is 1.22. The van der Waals surface area contributed by atoms with Gasteiger partial charge in [0.2, 0.25) is 0 Å². The summed E-state index contributed by atoms with van der Waals surface area (Å²) in [5.74, 6) is -0.939. The molecule has 0 aliphatic heterocycles. The number of benzene rings is 1. The largest absolute Gasteiger partial charge is 0.478 e. The summed E-state index contributed by atoms with van der Waals surface area (Å²) in [5, 5.41) is 8.47. The van der Waals surface area contributed by atoms with Gasteiger partial charge < -0.3 is 10.0 Å². The normalized spacial score (nSPS) is 10.4. The van der Waals surface area contributed by atoms with Crippen LogP contribution in [0.2, 0.25) is 0 Å². The summed E-state index contributed by atoms with van der Waals surface area (Å²) < 4.78 is 0. The Morgan fingerprint density at radius 2 is 2.07 bits per heavy atom. The van der Waals surface area contributed by atoms with Crippen LogP contribution >= 0.6 is 0 Å². The molecule has 0 heterocycles. The van der Waals surface area contributed by atoms with Gasteiger partial charge in [0.05, 0.1) is 0 Å². The van der Waals surface area contributed by atoms with E-state index in [0.29, 0.717) is 0 Å². The Kier molecular flexibility index (Phi) is 3.29. The Labute approximate surface area is 83.3 Å². The van der Waals surface area contributed by atoms with Crippen molar-refractivity contribution < 1.29 is 9.90 Å². The molecule has 0 amide bonds. The zero-order chi connectivity index (χ0) is 10.6. The van der Waals surface area contributed by atoms with E-state index in [0.717, 1.165) is 17.3 Å². The van der Waals surface area contributed by atoms with Crippen molar-refractivity contribution in [2.75, 3.05) is 11.9 Å². The van der Waals surface area contributed by atoms with E-state index in [9.17, 15) is 4.79 Å². The van der Waals surface area contributed by atoms with Gasteiger partial charge in [-0.25, -0.2) is 4.79 Å². The number of nitrogens with zero attached hydrogens (tertiary/aromatic N) is 1. The first-order chi connectivity index (χ1) is 6.61. The topological polar surface area (TPSA) is 40.5 Å². The molecule has 3 nitrogen and oxygen atoms in total. The van der Waals surface area contributed by atoms with Crippen molar-refractivity contribution in [3.63, 3.8) is 0 Å². The zero-order valence-electron chi connectivity index (χ0n) is 8.27. The van der Waals surface area contributed by atoms with Crippen LogP contribution in [0.25, 0.3) is 0 Å². The van der Waals surface area contributed by atoms with Gasteiger partial charge in [0.25, 0.3) is 0 Å². The van der Waals surface area contributed by atoms with Crippen LogP contribution in [0.4, 0.5) is 5.69 Å². The van der Waals surface area contributed by atoms with Crippen molar-refractivity contribution in [1.82, 2.24) is 0 Å². The van der Waals surface area contributed by atoms with E-state index in [4.69, 9.17) is 5.11 Å². The summed E-state index contributed by atoms with van der Waals surface area (Å²) in [5.41, 5.74) is 2.12. The number of anilines is 1. The highest BCUT2D eigenvalue weighted by Gasteiger charge is 1.99. The van der Waals surface area contributed by atoms with Crippen molar-refractivity contribution >= 4 is 11.7 Å². The molecule has 74 valence electrons. The van der Waals surface area contributed by atoms with E-state index >= 15 is 0 Å². The molecule has 14 heavy (non-hydrogen) atoms. The highest BCUT2D eigenvalue weighted by atomic mass is 16.4. The van der Waals surface area contributed by atoms with Crippen molar-refractivity contribution in [2.45, 2.75) is 6.92 Å². The van der Waals surface area contributed by atoms with E-state index < -0.39 is 5.97 Å². The van der Waals surface area contributed by atoms with Gasteiger partial charge in [-0.15, -0.1) is 0 Å². The van der Waals surface area contributed by atoms with Crippen molar-refractivity contribution in [1.29, 1.82) is 0 Å². The van der Waals surface area contributed by atoms with Gasteiger partial charge in [-0.1, -0.05) is 18.2 Å². The molecule has 1 aromatic carbocycles. The Hall–Kier alpha value is -1.77. The summed E-state index contributed by atoms with van der Waals surface area (Å²) in [7, 11) is 1.82. The molecule has 0 spiro atoms. The molecule has 3 heteroatoms. The highest BCUT2D eigenvalue weighted by Crippen LogP contribution is 2.17. The van der Waals surface area contributed by atoms with Gasteiger partial charge >= 0.3 is 5.97 Å². The van der Waals surface area contributed by atoms with Crippen LogP contribution in [0.3, 0.4) is 0 Å². The third-order valence-electron chi connectivity index (χ3n) is 1.94. The summed E-state index contributed by atoms with van der Waals surface area (Å²) in [4.78, 5) is 12.1. The summed E-state index contributed by atoms with van der Waals surface area (Å²) in [6.45, 7) is 1.99. The van der Waals surface area contributed by atoms with Crippen molar-refractivity contribution in [2.24, 2.45) is 0 Å². The molecule has 0 saturated carbocycles. The molecular formula is C11H13NO2. The predicted octanol–water partition coefficient (Wildman–Crippen LogP) is 2.03. The van der Waals surface area contributed by atoms with Gasteiger partial charge in [0.15, 0.2) is 0 Å². The third kappa shape index (κ3) is 2.62. The third-order valence-corrected chi connectivity index (χ3v) is 1.94. The molecule has 0 atom stereocenters. The van der Waals surface area contributed by atoms with Crippen LogP contribution in [0, 0.1) is 6.92 Å². The fourth-order valence-corrected chi connectivity index (χ4v) is 1.22. The van der Waals surface area contributed by atoms with Gasteiger partial charge in [-0.3, -0.25) is 0 Å². The number of carboxylic acids is 1. The van der Waals surface area contributed by atoms with E-state index in [1.807, 2.05) is 38.2 Å². The van der Waals surface area contributed by atoms with E-state index in [-0.39, 0.29) is 0 Å². The van der Waals surface area contributed by atoms with Crippen LogP contribution in [0.1, 0.15) is 5.56 Å². The summed E-state index contributed by atoms with van der Waals surface area (Å²) >= 11 is 0. The Balaban J connectivity index is 2.84. The van der Waals surface area contributed by atoms with Crippen LogP contribution in [0.15, 0.2) is 36.5 Å². The molecule has 0 radical (unpaired) electrons. The highest BCUT2D eigenvalue weighted by molar-refractivity contribution is 5.80. The number of carbonyl (C=O) groups is 1. The molecule has 0 aliphatic rings. The average molecular weight is 191 g/mol. The van der Waals surface area contributed by atoms with E-state index in [1.54, 1.807) is 4.90 Å². The van der Waals surface area contributed by atoms with Gasteiger partial charge in [0.1, 0.15) is 0 Å². The smallest absolute Gasteiger partial charge is 0.329 e. The summed E-state index contributed by atoms with van der Waals surface area (Å²) in [6.07, 6.45) is 2.65. The first kappa shape index (κ1) is 10.3. The molecule has 0 unspecified atom stereocenters. The maximum Gasteiger partial charge on any atom is 0.329 e. The lowest BCUT2D eigenvalue weighted by Gasteiger charge is -2.15. The quantitative estimate of drug-likeness (QED) is 0.743. The van der Waals surface area contributed by atoms with Crippen LogP contribution in [-0.4, -0.2) is 18.1 Å². The molecule has 0 aliphatic carbocycles. The predicted molar refractivity (Wildman–Crippen MR) is 56.4 cm³/mol. The minimum Gasteiger partial charge on any atom is -0.478 e. The second kappa shape index (κ2) is 4.46. The monoisotopic (exact) mass is 191 g/mol. The molecule has 0 bridgehead atoms. The minimum absolute atomic E-state index is 0.939. The number of hydrogen-bond acceptors (Lipinski definition) is 2. The molecule has 0 fully saturated rings. The maximum atomic E-state index is 10.3. The van der Waals surface area contributed by atoms with Crippen LogP contribution in [-0.2, 0) is 4.79 Å². The lowest BCUT2D eigenvalue weighted by atomic mass is 10.2. The maximum absolute atomic E-state index is 10.3. The second-order valence-corrected chi connectivity index (χ2v) is 3.05. The number of aryl methyl sites for hydroxylation is 1. The number of rotatable bonds is 3. The number of carboxylic acid groups (broad SMARTS) is 1. The Morgan fingerprint density at radius 3 is 2.64 bits per heavy atom. The first-order valence-electron chi connectivity index (χ1n) is 4.31. The zero-order valence-corrected chi connectivity index (χ0v) is 8.27. The molecule has 1 rings (SSSR count). The fraction of sp³-hybridized carbons (Fsp3) is 0.182. The SMILES string of the molecule is Cc1ccccc1N(C)C=CC(=O)O.